The molecular formula is C10H14N2O3S. The highest BCUT2D eigenvalue weighted by atomic mass is 32.2. The van der Waals surface area contributed by atoms with Gasteiger partial charge in [0.25, 0.3) is 0 Å². The Morgan fingerprint density at radius 2 is 2.06 bits per heavy atom. The van der Waals surface area contributed by atoms with Crippen LogP contribution in [0.2, 0.25) is 0 Å². The summed E-state index contributed by atoms with van der Waals surface area (Å²) in [4.78, 5) is 24.0. The molecule has 6 heteroatoms. The molecule has 1 aliphatic rings. The molecule has 0 saturated carbocycles. The number of aliphatic carboxylic acids is 1. The van der Waals surface area contributed by atoms with E-state index in [-0.39, 0.29) is 11.8 Å². The Kier molecular flexibility index (Phi) is 5.12. The Bertz CT molecular complexity index is 306. The van der Waals surface area contributed by atoms with Crippen LogP contribution in [0.15, 0.2) is 0 Å². The molecule has 1 amide bonds. The highest BCUT2D eigenvalue weighted by molar-refractivity contribution is 8.00. The molecule has 0 bridgehead atoms. The number of nitriles is 1. The largest absolute Gasteiger partial charge is 0.481 e. The zero-order valence-corrected chi connectivity index (χ0v) is 9.70. The van der Waals surface area contributed by atoms with Gasteiger partial charge < -0.3 is 10.0 Å². The van der Waals surface area contributed by atoms with E-state index in [1.165, 1.54) is 11.8 Å². The topological polar surface area (TPSA) is 81.4 Å². The van der Waals surface area contributed by atoms with Crippen molar-refractivity contribution in [3.05, 3.63) is 0 Å². The second-order valence-corrected chi connectivity index (χ2v) is 4.63. The molecule has 0 aromatic carbocycles. The molecule has 1 fully saturated rings. The normalized spacial score (nSPS) is 16.8. The number of hydrogen-bond donors (Lipinski definition) is 1. The number of amides is 1. The van der Waals surface area contributed by atoms with E-state index in [1.54, 1.807) is 4.90 Å². The highest BCUT2D eigenvalue weighted by Gasteiger charge is 2.26. The molecule has 88 valence electrons. The van der Waals surface area contributed by atoms with Crippen LogP contribution in [-0.2, 0) is 9.59 Å². The van der Waals surface area contributed by atoms with Crippen molar-refractivity contribution in [2.45, 2.75) is 12.8 Å². The molecular weight excluding hydrogens is 228 g/mol. The third-order valence-electron chi connectivity index (χ3n) is 2.59. The van der Waals surface area contributed by atoms with Gasteiger partial charge in [-0.25, -0.2) is 0 Å². The Hall–Kier alpha value is -1.22. The standard InChI is InChI=1S/C10H14N2O3S/c11-3-6-16-7-9(13)12-4-1-8(2-5-12)10(14)15/h8H,1-2,4-7H2,(H,14,15). The van der Waals surface area contributed by atoms with Crippen molar-refractivity contribution < 1.29 is 14.7 Å². The Balaban J connectivity index is 2.28. The fourth-order valence-electron chi connectivity index (χ4n) is 1.65. The molecule has 0 aliphatic carbocycles. The first-order valence-corrected chi connectivity index (χ1v) is 6.26. The van der Waals surface area contributed by atoms with E-state index >= 15 is 0 Å². The van der Waals surface area contributed by atoms with Gasteiger partial charge in [-0.1, -0.05) is 0 Å². The van der Waals surface area contributed by atoms with Crippen LogP contribution in [0.25, 0.3) is 0 Å². The molecule has 1 heterocycles. The molecule has 0 radical (unpaired) electrons. The molecule has 0 unspecified atom stereocenters. The van der Waals surface area contributed by atoms with Crippen molar-refractivity contribution >= 4 is 23.6 Å². The molecule has 16 heavy (non-hydrogen) atoms. The SMILES string of the molecule is N#CCSCC(=O)N1CCC(C(=O)O)CC1. The summed E-state index contributed by atoms with van der Waals surface area (Å²) in [6, 6.07) is 1.96. The monoisotopic (exact) mass is 242 g/mol. The lowest BCUT2D eigenvalue weighted by atomic mass is 9.97. The van der Waals surface area contributed by atoms with E-state index < -0.39 is 5.97 Å². The zero-order chi connectivity index (χ0) is 12.0. The first-order valence-electron chi connectivity index (χ1n) is 5.10. The predicted molar refractivity (Wildman–Crippen MR) is 59.9 cm³/mol. The van der Waals surface area contributed by atoms with Crippen molar-refractivity contribution in [1.29, 1.82) is 5.26 Å². The van der Waals surface area contributed by atoms with Gasteiger partial charge in [-0.05, 0) is 12.8 Å². The van der Waals surface area contributed by atoms with Crippen LogP contribution in [0.5, 0.6) is 0 Å². The van der Waals surface area contributed by atoms with Gasteiger partial charge in [0.1, 0.15) is 0 Å². The van der Waals surface area contributed by atoms with E-state index in [4.69, 9.17) is 10.4 Å². The number of hydrogen-bond acceptors (Lipinski definition) is 4. The van der Waals surface area contributed by atoms with Gasteiger partial charge in [-0.15, -0.1) is 11.8 Å². The zero-order valence-electron chi connectivity index (χ0n) is 8.89. The fourth-order valence-corrected chi connectivity index (χ4v) is 2.20. The first-order chi connectivity index (χ1) is 7.65. The van der Waals surface area contributed by atoms with Gasteiger partial charge in [0, 0.05) is 13.1 Å². The lowest BCUT2D eigenvalue weighted by Gasteiger charge is -2.30. The summed E-state index contributed by atoms with van der Waals surface area (Å²) >= 11 is 1.29. The lowest BCUT2D eigenvalue weighted by molar-refractivity contribution is -0.145. The summed E-state index contributed by atoms with van der Waals surface area (Å²) in [7, 11) is 0. The summed E-state index contributed by atoms with van der Waals surface area (Å²) in [6.07, 6.45) is 1.06. The van der Waals surface area contributed by atoms with Crippen molar-refractivity contribution in [3.8, 4) is 6.07 Å². The number of rotatable bonds is 4. The van der Waals surface area contributed by atoms with E-state index in [1.807, 2.05) is 6.07 Å². The Morgan fingerprint density at radius 3 is 2.56 bits per heavy atom. The number of carboxylic acids is 1. The molecule has 0 aromatic rings. The maximum atomic E-state index is 11.6. The van der Waals surface area contributed by atoms with Crippen LogP contribution >= 0.6 is 11.8 Å². The van der Waals surface area contributed by atoms with Crippen LogP contribution in [0.3, 0.4) is 0 Å². The molecule has 0 aromatic heterocycles. The summed E-state index contributed by atoms with van der Waals surface area (Å²) in [5, 5.41) is 17.1. The second-order valence-electron chi connectivity index (χ2n) is 3.64. The van der Waals surface area contributed by atoms with Gasteiger partial charge in [0.2, 0.25) is 5.91 Å². The number of carboxylic acid groups (broad SMARTS) is 1. The van der Waals surface area contributed by atoms with Gasteiger partial charge in [0.05, 0.1) is 23.5 Å². The predicted octanol–water partition coefficient (Wildman–Crippen LogP) is 0.566. The summed E-state index contributed by atoms with van der Waals surface area (Å²) in [6.45, 7) is 1.03. The third kappa shape index (κ3) is 3.74. The number of piperidine rings is 1. The maximum absolute atomic E-state index is 11.6. The first kappa shape index (κ1) is 12.8. The molecule has 1 N–H and O–H groups in total. The van der Waals surface area contributed by atoms with E-state index in [9.17, 15) is 9.59 Å². The smallest absolute Gasteiger partial charge is 0.306 e. The molecule has 0 atom stereocenters. The van der Waals surface area contributed by atoms with Crippen LogP contribution in [0.4, 0.5) is 0 Å². The molecule has 0 spiro atoms. The minimum atomic E-state index is -0.772. The maximum Gasteiger partial charge on any atom is 0.306 e. The van der Waals surface area contributed by atoms with Gasteiger partial charge in [0.15, 0.2) is 0 Å². The Labute approximate surface area is 98.4 Å². The number of carbonyl (C=O) groups is 2. The van der Waals surface area contributed by atoms with Crippen LogP contribution in [-0.4, -0.2) is 46.5 Å². The van der Waals surface area contributed by atoms with Crippen molar-refractivity contribution in [3.63, 3.8) is 0 Å². The summed E-state index contributed by atoms with van der Waals surface area (Å²) in [5.41, 5.74) is 0. The van der Waals surface area contributed by atoms with Crippen LogP contribution in [0.1, 0.15) is 12.8 Å². The summed E-state index contributed by atoms with van der Waals surface area (Å²) in [5.74, 6) is -0.450. The van der Waals surface area contributed by atoms with Crippen LogP contribution < -0.4 is 0 Å². The van der Waals surface area contributed by atoms with Crippen LogP contribution in [0, 0.1) is 17.2 Å². The van der Waals surface area contributed by atoms with Crippen molar-refractivity contribution in [2.24, 2.45) is 5.92 Å². The van der Waals surface area contributed by atoms with E-state index in [0.29, 0.717) is 37.4 Å². The molecule has 1 saturated heterocycles. The van der Waals surface area contributed by atoms with Gasteiger partial charge in [-0.3, -0.25) is 9.59 Å². The average Bonchev–Trinajstić information content (AvgIpc) is 2.29. The lowest BCUT2D eigenvalue weighted by Crippen LogP contribution is -2.41. The fraction of sp³-hybridized carbons (Fsp3) is 0.700. The second kappa shape index (κ2) is 6.38. The number of likely N-dealkylation sites (tertiary alicyclic amines) is 1. The molecule has 5 nitrogen and oxygen atoms in total. The van der Waals surface area contributed by atoms with Crippen molar-refractivity contribution in [1.82, 2.24) is 4.90 Å². The molecule has 1 rings (SSSR count). The Morgan fingerprint density at radius 1 is 1.44 bits per heavy atom. The number of nitrogens with zero attached hydrogens (tertiary/aromatic N) is 2. The van der Waals surface area contributed by atoms with Crippen molar-refractivity contribution in [2.75, 3.05) is 24.6 Å². The number of carbonyl (C=O) groups excluding carboxylic acids is 1. The average molecular weight is 242 g/mol. The highest BCUT2D eigenvalue weighted by Crippen LogP contribution is 2.18. The minimum absolute atomic E-state index is 0.00379. The summed E-state index contributed by atoms with van der Waals surface area (Å²) < 4.78 is 0. The quantitative estimate of drug-likeness (QED) is 0.729. The van der Waals surface area contributed by atoms with E-state index in [0.717, 1.165) is 0 Å². The third-order valence-corrected chi connectivity index (χ3v) is 3.37. The van der Waals surface area contributed by atoms with Gasteiger partial charge in [-0.2, -0.15) is 5.26 Å². The van der Waals surface area contributed by atoms with E-state index in [2.05, 4.69) is 0 Å². The minimum Gasteiger partial charge on any atom is -0.481 e. The number of thioether (sulfide) groups is 1. The molecule has 1 aliphatic heterocycles. The van der Waals surface area contributed by atoms with Gasteiger partial charge >= 0.3 is 5.97 Å².